The highest BCUT2D eigenvalue weighted by atomic mass is 16.5. The lowest BCUT2D eigenvalue weighted by Gasteiger charge is -2.22. The SMILES string of the molecule is CCOC(=O)C1=c2oc(=O)/c(=C\c3ccc(Oc4ccccc4)cc3)n2-c2oc(N)nc2[C@@H]1c1ccc(Oc2ccccc2)cc1. The van der Waals surface area contributed by atoms with E-state index in [2.05, 4.69) is 4.98 Å². The molecule has 0 aliphatic carbocycles. The fourth-order valence-corrected chi connectivity index (χ4v) is 5.34. The van der Waals surface area contributed by atoms with Gasteiger partial charge in [0.1, 0.15) is 39.6 Å². The quantitative estimate of drug-likeness (QED) is 0.228. The van der Waals surface area contributed by atoms with Crippen molar-refractivity contribution in [2.75, 3.05) is 12.3 Å². The van der Waals surface area contributed by atoms with Gasteiger partial charge in [-0.25, -0.2) is 14.2 Å². The minimum absolute atomic E-state index is 0.0306. The molecule has 46 heavy (non-hydrogen) atoms. The van der Waals surface area contributed by atoms with Gasteiger partial charge < -0.3 is 28.8 Å². The molecule has 1 atom stereocenters. The van der Waals surface area contributed by atoms with Gasteiger partial charge in [-0.05, 0) is 72.7 Å². The normalized spacial score (nSPS) is 14.0. The highest BCUT2D eigenvalue weighted by Gasteiger charge is 2.39. The summed E-state index contributed by atoms with van der Waals surface area (Å²) in [5.41, 5.74) is 7.10. The number of hydrogen-bond donors (Lipinski definition) is 1. The molecule has 0 radical (unpaired) electrons. The van der Waals surface area contributed by atoms with Gasteiger partial charge in [-0.2, -0.15) is 4.98 Å². The van der Waals surface area contributed by atoms with Crippen molar-refractivity contribution in [2.24, 2.45) is 0 Å². The Kier molecular flexibility index (Phi) is 7.43. The molecule has 3 heterocycles. The van der Waals surface area contributed by atoms with Crippen LogP contribution >= 0.6 is 0 Å². The monoisotopic (exact) mass is 613 g/mol. The van der Waals surface area contributed by atoms with Gasteiger partial charge in [0.05, 0.1) is 12.5 Å². The zero-order valence-electron chi connectivity index (χ0n) is 24.6. The molecule has 0 saturated heterocycles. The van der Waals surface area contributed by atoms with Gasteiger partial charge in [0.2, 0.25) is 11.4 Å². The van der Waals surface area contributed by atoms with Crippen molar-refractivity contribution < 1.29 is 27.8 Å². The number of oxazole rings is 2. The molecule has 0 spiro atoms. The van der Waals surface area contributed by atoms with Crippen LogP contribution in [-0.2, 0) is 9.53 Å². The molecule has 7 rings (SSSR count). The standard InChI is InChI=1S/C36H27N3O7/c1-2-42-35(41)30-29(23-15-19-27(20-16-23)44-25-11-7-4-8-12-25)31-33(46-36(37)38-31)39-28(34(40)45-32(30)39)21-22-13-17-26(18-14-22)43-24-9-5-3-6-10-24/h3-21,29H,2H2,1H3,(H2,37,38)/b28-21+/t29-/m1/s1. The van der Waals surface area contributed by atoms with Crippen LogP contribution in [0.2, 0.25) is 0 Å². The van der Waals surface area contributed by atoms with E-state index in [9.17, 15) is 9.59 Å². The van der Waals surface area contributed by atoms with Crippen LogP contribution in [0.1, 0.15) is 29.7 Å². The minimum Gasteiger partial charge on any atom is -0.462 e. The highest BCUT2D eigenvalue weighted by molar-refractivity contribution is 6.12. The summed E-state index contributed by atoms with van der Waals surface area (Å²) in [7, 11) is 0. The molecule has 2 aromatic heterocycles. The number of carbonyl (C=O) groups excluding carboxylic acids is 1. The Balaban J connectivity index is 1.34. The second kappa shape index (κ2) is 12.0. The molecule has 1 aliphatic rings. The van der Waals surface area contributed by atoms with Crippen molar-refractivity contribution in [1.29, 1.82) is 0 Å². The Bertz CT molecular complexity index is 2200. The molecule has 6 aromatic rings. The Morgan fingerprint density at radius 3 is 1.98 bits per heavy atom. The first-order valence-corrected chi connectivity index (χ1v) is 14.6. The van der Waals surface area contributed by atoms with Crippen LogP contribution in [0.3, 0.4) is 0 Å². The first kappa shape index (κ1) is 28.5. The smallest absolute Gasteiger partial charge is 0.362 e. The average molecular weight is 614 g/mol. The van der Waals surface area contributed by atoms with E-state index in [1.807, 2.05) is 60.7 Å². The van der Waals surface area contributed by atoms with E-state index < -0.39 is 17.5 Å². The lowest BCUT2D eigenvalue weighted by molar-refractivity contribution is -0.136. The predicted molar refractivity (Wildman–Crippen MR) is 169 cm³/mol. The fraction of sp³-hybridized carbons (Fsp3) is 0.0833. The molecular formula is C36H27N3O7. The number of fused-ring (bicyclic) bond motifs is 3. The van der Waals surface area contributed by atoms with Crippen molar-refractivity contribution in [3.63, 3.8) is 0 Å². The van der Waals surface area contributed by atoms with Crippen LogP contribution in [0.5, 0.6) is 23.0 Å². The topological polar surface area (TPSA) is 132 Å². The summed E-state index contributed by atoms with van der Waals surface area (Å²) in [6, 6.07) is 33.0. The van der Waals surface area contributed by atoms with Crippen molar-refractivity contribution in [1.82, 2.24) is 9.55 Å². The van der Waals surface area contributed by atoms with Gasteiger partial charge in [0, 0.05) is 0 Å². The first-order valence-electron chi connectivity index (χ1n) is 14.6. The summed E-state index contributed by atoms with van der Waals surface area (Å²) in [5.74, 6) is 1.28. The number of carbonyl (C=O) groups is 1. The molecule has 0 fully saturated rings. The fourth-order valence-electron chi connectivity index (χ4n) is 5.34. The van der Waals surface area contributed by atoms with Crippen molar-refractivity contribution >= 4 is 23.6 Å². The highest BCUT2D eigenvalue weighted by Crippen LogP contribution is 2.39. The number of rotatable bonds is 8. The number of ether oxygens (including phenoxy) is 3. The first-order chi connectivity index (χ1) is 22.5. The third kappa shape index (κ3) is 5.43. The second-order valence-electron chi connectivity index (χ2n) is 10.3. The third-order valence-corrected chi connectivity index (χ3v) is 7.34. The average Bonchev–Trinajstić information content (AvgIpc) is 3.61. The van der Waals surface area contributed by atoms with E-state index in [-0.39, 0.29) is 35.0 Å². The third-order valence-electron chi connectivity index (χ3n) is 7.34. The number of esters is 1. The number of nitrogens with zero attached hydrogens (tertiary/aromatic N) is 2. The molecule has 0 unspecified atom stereocenters. The molecule has 0 bridgehead atoms. The molecule has 0 amide bonds. The molecule has 228 valence electrons. The maximum Gasteiger partial charge on any atom is 0.362 e. The zero-order chi connectivity index (χ0) is 31.6. The molecule has 10 heteroatoms. The van der Waals surface area contributed by atoms with E-state index in [1.165, 1.54) is 4.57 Å². The molecule has 1 aliphatic heterocycles. The number of anilines is 1. The molecule has 4 aromatic carbocycles. The zero-order valence-corrected chi connectivity index (χ0v) is 24.6. The van der Waals surface area contributed by atoms with E-state index in [4.69, 9.17) is 28.8 Å². The van der Waals surface area contributed by atoms with Gasteiger partial charge in [-0.3, -0.25) is 0 Å². The lowest BCUT2D eigenvalue weighted by atomic mass is 9.87. The van der Waals surface area contributed by atoms with Crippen molar-refractivity contribution in [3.05, 3.63) is 147 Å². The largest absolute Gasteiger partial charge is 0.462 e. The maximum atomic E-state index is 13.6. The Labute approximate surface area is 262 Å². The minimum atomic E-state index is -0.811. The van der Waals surface area contributed by atoms with Crippen LogP contribution in [-0.4, -0.2) is 22.1 Å². The predicted octanol–water partition coefficient (Wildman–Crippen LogP) is 5.27. The summed E-state index contributed by atoms with van der Waals surface area (Å²) >= 11 is 0. The summed E-state index contributed by atoms with van der Waals surface area (Å²) in [4.78, 5) is 31.4. The molecular weight excluding hydrogens is 586 g/mol. The Morgan fingerprint density at radius 1 is 0.826 bits per heavy atom. The summed E-state index contributed by atoms with van der Waals surface area (Å²) in [5, 5.41) is 0.107. The van der Waals surface area contributed by atoms with Crippen LogP contribution in [0, 0.1) is 0 Å². The van der Waals surface area contributed by atoms with Crippen LogP contribution in [0.4, 0.5) is 6.01 Å². The Morgan fingerprint density at radius 2 is 1.39 bits per heavy atom. The van der Waals surface area contributed by atoms with E-state index >= 15 is 0 Å². The van der Waals surface area contributed by atoms with Gasteiger partial charge in [0.25, 0.3) is 6.01 Å². The number of nitrogen functional groups attached to an aromatic ring is 1. The number of nitrogens with two attached hydrogens (primary N) is 1. The second-order valence-corrected chi connectivity index (χ2v) is 10.3. The van der Waals surface area contributed by atoms with Gasteiger partial charge in [-0.15, -0.1) is 0 Å². The lowest BCUT2D eigenvalue weighted by Crippen LogP contribution is -2.37. The number of aromatic nitrogens is 2. The Hall–Kier alpha value is -6.29. The number of hydrogen-bond acceptors (Lipinski definition) is 9. The van der Waals surface area contributed by atoms with E-state index in [0.29, 0.717) is 39.8 Å². The van der Waals surface area contributed by atoms with Gasteiger partial charge >= 0.3 is 11.6 Å². The number of benzene rings is 4. The maximum absolute atomic E-state index is 13.6. The van der Waals surface area contributed by atoms with E-state index in [1.54, 1.807) is 61.5 Å². The van der Waals surface area contributed by atoms with Gasteiger partial charge in [0.15, 0.2) is 0 Å². The molecule has 0 saturated carbocycles. The van der Waals surface area contributed by atoms with Crippen molar-refractivity contribution in [3.8, 4) is 28.9 Å². The van der Waals surface area contributed by atoms with Crippen LogP contribution < -0.4 is 31.7 Å². The van der Waals surface area contributed by atoms with Crippen LogP contribution in [0.15, 0.2) is 123 Å². The molecule has 10 nitrogen and oxygen atoms in total. The summed E-state index contributed by atoms with van der Waals surface area (Å²) < 4.78 is 30.3. The van der Waals surface area contributed by atoms with Crippen LogP contribution in [0.25, 0.3) is 17.5 Å². The van der Waals surface area contributed by atoms with E-state index in [0.717, 1.165) is 0 Å². The number of para-hydroxylation sites is 2. The van der Waals surface area contributed by atoms with Gasteiger partial charge in [-0.1, -0.05) is 60.7 Å². The molecule has 2 N–H and O–H groups in total. The van der Waals surface area contributed by atoms with Crippen molar-refractivity contribution in [2.45, 2.75) is 12.8 Å². The summed E-state index contributed by atoms with van der Waals surface area (Å²) in [6.45, 7) is 1.80. The summed E-state index contributed by atoms with van der Waals surface area (Å²) in [6.07, 6.45) is 1.63.